The zero-order valence-corrected chi connectivity index (χ0v) is 8.20. The van der Waals surface area contributed by atoms with Gasteiger partial charge in [0.05, 0.1) is 6.42 Å². The highest BCUT2D eigenvalue weighted by molar-refractivity contribution is 5.67. The summed E-state index contributed by atoms with van der Waals surface area (Å²) in [7, 11) is 0. The molecule has 1 aliphatic rings. The van der Waals surface area contributed by atoms with Crippen LogP contribution in [0.4, 0.5) is 0 Å². The van der Waals surface area contributed by atoms with E-state index in [4.69, 9.17) is 10.8 Å². The molecule has 1 rings (SSSR count). The molecule has 3 unspecified atom stereocenters. The molecule has 0 saturated heterocycles. The highest BCUT2D eigenvalue weighted by Gasteiger charge is 2.27. The summed E-state index contributed by atoms with van der Waals surface area (Å²) in [6.45, 7) is 2.19. The van der Waals surface area contributed by atoms with Gasteiger partial charge in [0.2, 0.25) is 0 Å². The Labute approximate surface area is 79.3 Å². The molecular formula is C10H19NO2. The Hall–Kier alpha value is -0.570. The van der Waals surface area contributed by atoms with Gasteiger partial charge in [0.25, 0.3) is 0 Å². The van der Waals surface area contributed by atoms with Crippen LogP contribution >= 0.6 is 0 Å². The molecule has 0 aromatic heterocycles. The summed E-state index contributed by atoms with van der Waals surface area (Å²) in [4.78, 5) is 10.5. The molecule has 3 atom stereocenters. The highest BCUT2D eigenvalue weighted by Crippen LogP contribution is 2.32. The third kappa shape index (κ3) is 2.99. The molecule has 0 aromatic rings. The predicted molar refractivity (Wildman–Crippen MR) is 51.4 cm³/mol. The Morgan fingerprint density at radius 1 is 1.54 bits per heavy atom. The molecule has 0 aliphatic heterocycles. The largest absolute Gasteiger partial charge is 0.481 e. The molecule has 13 heavy (non-hydrogen) atoms. The van der Waals surface area contributed by atoms with Crippen LogP contribution in [0.5, 0.6) is 0 Å². The molecule has 1 saturated carbocycles. The van der Waals surface area contributed by atoms with Crippen LogP contribution in [0.3, 0.4) is 0 Å². The van der Waals surface area contributed by atoms with Gasteiger partial charge in [0.15, 0.2) is 0 Å². The van der Waals surface area contributed by atoms with E-state index in [0.717, 1.165) is 6.42 Å². The third-order valence-corrected chi connectivity index (χ3v) is 3.14. The first-order chi connectivity index (χ1) is 6.11. The van der Waals surface area contributed by atoms with E-state index in [1.165, 1.54) is 19.3 Å². The normalized spacial score (nSPS) is 31.2. The third-order valence-electron chi connectivity index (χ3n) is 3.14. The minimum absolute atomic E-state index is 0.120. The quantitative estimate of drug-likeness (QED) is 0.702. The van der Waals surface area contributed by atoms with Gasteiger partial charge in [0.1, 0.15) is 0 Å². The fourth-order valence-electron chi connectivity index (χ4n) is 2.33. The summed E-state index contributed by atoms with van der Waals surface area (Å²) in [5, 5.41) is 8.62. The van der Waals surface area contributed by atoms with Crippen LogP contribution < -0.4 is 5.73 Å². The first kappa shape index (κ1) is 10.5. The van der Waals surface area contributed by atoms with Crippen molar-refractivity contribution >= 4 is 5.97 Å². The Morgan fingerprint density at radius 2 is 2.15 bits per heavy atom. The number of nitrogens with two attached hydrogens (primary N) is 1. The molecule has 0 aromatic carbocycles. The summed E-state index contributed by atoms with van der Waals surface area (Å²) < 4.78 is 0. The van der Waals surface area contributed by atoms with E-state index in [-0.39, 0.29) is 12.5 Å². The van der Waals surface area contributed by atoms with E-state index in [0.29, 0.717) is 11.8 Å². The average Bonchev–Trinajstić information content (AvgIpc) is 2.03. The van der Waals surface area contributed by atoms with E-state index >= 15 is 0 Å². The lowest BCUT2D eigenvalue weighted by Crippen LogP contribution is -2.37. The first-order valence-corrected chi connectivity index (χ1v) is 5.08. The molecule has 76 valence electrons. The standard InChI is InChI=1S/C10H19NO2/c1-7-4-2-3-5-8(7)9(11)6-10(12)13/h7-9H,2-6,11H2,1H3,(H,12,13). The van der Waals surface area contributed by atoms with E-state index in [1.54, 1.807) is 0 Å². The molecule has 3 N–H and O–H groups in total. The van der Waals surface area contributed by atoms with Crippen LogP contribution in [0.15, 0.2) is 0 Å². The number of aliphatic carboxylic acids is 1. The number of hydrogen-bond acceptors (Lipinski definition) is 2. The van der Waals surface area contributed by atoms with Crippen molar-refractivity contribution in [1.29, 1.82) is 0 Å². The summed E-state index contributed by atoms with van der Waals surface area (Å²) in [6.07, 6.45) is 4.92. The number of rotatable bonds is 3. The van der Waals surface area contributed by atoms with Gasteiger partial charge in [0, 0.05) is 6.04 Å². The molecule has 0 bridgehead atoms. The molecule has 3 nitrogen and oxygen atoms in total. The average molecular weight is 185 g/mol. The van der Waals surface area contributed by atoms with E-state index in [2.05, 4.69) is 6.92 Å². The smallest absolute Gasteiger partial charge is 0.304 e. The van der Waals surface area contributed by atoms with Crippen molar-refractivity contribution in [2.75, 3.05) is 0 Å². The van der Waals surface area contributed by atoms with Crippen molar-refractivity contribution in [3.8, 4) is 0 Å². The molecule has 1 fully saturated rings. The van der Waals surface area contributed by atoms with Gasteiger partial charge in [-0.1, -0.05) is 26.2 Å². The van der Waals surface area contributed by atoms with E-state index in [1.807, 2.05) is 0 Å². The highest BCUT2D eigenvalue weighted by atomic mass is 16.4. The second-order valence-electron chi connectivity index (χ2n) is 4.19. The van der Waals surface area contributed by atoms with Crippen molar-refractivity contribution in [1.82, 2.24) is 0 Å². The van der Waals surface area contributed by atoms with Gasteiger partial charge >= 0.3 is 5.97 Å². The zero-order chi connectivity index (χ0) is 9.84. The van der Waals surface area contributed by atoms with Crippen LogP contribution in [0.2, 0.25) is 0 Å². The monoisotopic (exact) mass is 185 g/mol. The van der Waals surface area contributed by atoms with E-state index < -0.39 is 5.97 Å². The fraction of sp³-hybridized carbons (Fsp3) is 0.900. The lowest BCUT2D eigenvalue weighted by Gasteiger charge is -2.32. The molecule has 0 heterocycles. The van der Waals surface area contributed by atoms with Crippen molar-refractivity contribution in [3.05, 3.63) is 0 Å². The summed E-state index contributed by atoms with van der Waals surface area (Å²) in [6, 6.07) is -0.146. The molecule has 0 radical (unpaired) electrons. The predicted octanol–water partition coefficient (Wildman–Crippen LogP) is 1.61. The Balaban J connectivity index is 2.43. The zero-order valence-electron chi connectivity index (χ0n) is 8.20. The molecular weight excluding hydrogens is 166 g/mol. The van der Waals surface area contributed by atoms with Crippen LogP contribution in [-0.2, 0) is 4.79 Å². The van der Waals surface area contributed by atoms with Gasteiger partial charge < -0.3 is 10.8 Å². The second kappa shape index (κ2) is 4.61. The van der Waals surface area contributed by atoms with Gasteiger partial charge in [-0.2, -0.15) is 0 Å². The van der Waals surface area contributed by atoms with Crippen molar-refractivity contribution in [3.63, 3.8) is 0 Å². The molecule has 0 spiro atoms. The maximum Gasteiger partial charge on any atom is 0.304 e. The van der Waals surface area contributed by atoms with Crippen LogP contribution in [-0.4, -0.2) is 17.1 Å². The number of hydrogen-bond donors (Lipinski definition) is 2. The maximum absolute atomic E-state index is 10.5. The van der Waals surface area contributed by atoms with Crippen LogP contribution in [0.25, 0.3) is 0 Å². The Kier molecular flexibility index (Phi) is 3.72. The van der Waals surface area contributed by atoms with Crippen molar-refractivity contribution in [2.24, 2.45) is 17.6 Å². The van der Waals surface area contributed by atoms with E-state index in [9.17, 15) is 4.79 Å². The molecule has 3 heteroatoms. The summed E-state index contributed by atoms with van der Waals surface area (Å²) in [5.41, 5.74) is 5.86. The lowest BCUT2D eigenvalue weighted by molar-refractivity contribution is -0.137. The first-order valence-electron chi connectivity index (χ1n) is 5.08. The van der Waals surface area contributed by atoms with Gasteiger partial charge in [-0.25, -0.2) is 0 Å². The summed E-state index contributed by atoms with van der Waals surface area (Å²) in [5.74, 6) is 0.248. The Morgan fingerprint density at radius 3 is 2.69 bits per heavy atom. The summed E-state index contributed by atoms with van der Waals surface area (Å²) >= 11 is 0. The minimum Gasteiger partial charge on any atom is -0.481 e. The second-order valence-corrected chi connectivity index (χ2v) is 4.19. The molecule has 1 aliphatic carbocycles. The number of carboxylic acids is 1. The number of carbonyl (C=O) groups is 1. The van der Waals surface area contributed by atoms with Gasteiger partial charge in [-0.15, -0.1) is 0 Å². The fourth-order valence-corrected chi connectivity index (χ4v) is 2.33. The van der Waals surface area contributed by atoms with Crippen LogP contribution in [0.1, 0.15) is 39.0 Å². The minimum atomic E-state index is -0.773. The maximum atomic E-state index is 10.5. The van der Waals surface area contributed by atoms with Gasteiger partial charge in [-0.3, -0.25) is 4.79 Å². The molecule has 0 amide bonds. The van der Waals surface area contributed by atoms with Crippen molar-refractivity contribution < 1.29 is 9.90 Å². The number of carboxylic acid groups (broad SMARTS) is 1. The SMILES string of the molecule is CC1CCCCC1C(N)CC(=O)O. The van der Waals surface area contributed by atoms with Gasteiger partial charge in [-0.05, 0) is 18.3 Å². The lowest BCUT2D eigenvalue weighted by atomic mass is 9.76. The van der Waals surface area contributed by atoms with Crippen molar-refractivity contribution in [2.45, 2.75) is 45.1 Å². The van der Waals surface area contributed by atoms with Crippen LogP contribution in [0, 0.1) is 11.8 Å². The Bertz CT molecular complexity index is 182. The topological polar surface area (TPSA) is 63.3 Å².